The maximum absolute atomic E-state index is 12.8. The number of carbonyl (C=O) groups excluding carboxylic acids is 2. The predicted octanol–water partition coefficient (Wildman–Crippen LogP) is 3.63. The number of amides is 1. The van der Waals surface area contributed by atoms with Gasteiger partial charge < -0.3 is 9.47 Å². The van der Waals surface area contributed by atoms with Gasteiger partial charge in [-0.1, -0.05) is 49.2 Å². The molecule has 1 atom stereocenters. The number of thioether (sulfide) groups is 1. The van der Waals surface area contributed by atoms with Gasteiger partial charge in [0, 0.05) is 12.2 Å². The number of benzene rings is 1. The van der Waals surface area contributed by atoms with Crippen molar-refractivity contribution in [3.8, 4) is 5.75 Å². The van der Waals surface area contributed by atoms with E-state index in [9.17, 15) is 9.59 Å². The molecule has 0 N–H and O–H groups in total. The molecule has 3 rings (SSSR count). The van der Waals surface area contributed by atoms with E-state index in [0.29, 0.717) is 41.0 Å². The zero-order valence-corrected chi connectivity index (χ0v) is 16.5. The van der Waals surface area contributed by atoms with E-state index in [4.69, 9.17) is 9.47 Å². The summed E-state index contributed by atoms with van der Waals surface area (Å²) in [7, 11) is 0. The van der Waals surface area contributed by atoms with Crippen LogP contribution in [0.2, 0.25) is 0 Å². The van der Waals surface area contributed by atoms with Crippen LogP contribution in [0.4, 0.5) is 0 Å². The molecule has 0 unspecified atom stereocenters. The van der Waals surface area contributed by atoms with Crippen molar-refractivity contribution in [2.45, 2.75) is 19.4 Å². The van der Waals surface area contributed by atoms with Crippen LogP contribution in [0, 0.1) is 0 Å². The highest BCUT2D eigenvalue weighted by Crippen LogP contribution is 2.40. The van der Waals surface area contributed by atoms with Crippen LogP contribution < -0.4 is 4.74 Å². The number of allylic oxidation sites excluding steroid dienone is 1. The normalized spacial score (nSPS) is 18.9. The van der Waals surface area contributed by atoms with Crippen molar-refractivity contribution >= 4 is 28.8 Å². The molecule has 0 spiro atoms. The van der Waals surface area contributed by atoms with Crippen LogP contribution in [0.5, 0.6) is 5.75 Å². The minimum Gasteiger partial charge on any atom is -0.490 e. The van der Waals surface area contributed by atoms with Gasteiger partial charge in [-0.2, -0.15) is 0 Å². The summed E-state index contributed by atoms with van der Waals surface area (Å²) >= 11 is 1.52. The van der Waals surface area contributed by atoms with E-state index in [1.165, 1.54) is 17.8 Å². The zero-order valence-electron chi connectivity index (χ0n) is 15.7. The SMILES string of the molecule is C=CCOC(=O)C1=C(C)N=C2SCCC(=O)N2[C@H]1c1ccc(OCC=C)cc1. The van der Waals surface area contributed by atoms with Gasteiger partial charge in [0.25, 0.3) is 0 Å². The second-order valence-corrected chi connectivity index (χ2v) is 7.28. The molecule has 28 heavy (non-hydrogen) atoms. The number of carbonyl (C=O) groups is 2. The number of rotatable bonds is 7. The summed E-state index contributed by atoms with van der Waals surface area (Å²) in [5, 5.41) is 0.617. The maximum Gasteiger partial charge on any atom is 0.338 e. The Balaban J connectivity index is 2.02. The number of hydrogen-bond donors (Lipinski definition) is 0. The van der Waals surface area contributed by atoms with Gasteiger partial charge in [-0.05, 0) is 24.6 Å². The lowest BCUT2D eigenvalue weighted by Gasteiger charge is -2.38. The highest BCUT2D eigenvalue weighted by atomic mass is 32.2. The summed E-state index contributed by atoms with van der Waals surface area (Å²) in [6.45, 7) is 9.47. The monoisotopic (exact) mass is 398 g/mol. The molecule has 0 aliphatic carbocycles. The van der Waals surface area contributed by atoms with Crippen molar-refractivity contribution in [3.63, 3.8) is 0 Å². The summed E-state index contributed by atoms with van der Waals surface area (Å²) in [4.78, 5) is 31.6. The quantitative estimate of drug-likeness (QED) is 0.518. The van der Waals surface area contributed by atoms with E-state index in [2.05, 4.69) is 18.2 Å². The first-order valence-electron chi connectivity index (χ1n) is 8.92. The third-order valence-electron chi connectivity index (χ3n) is 4.32. The zero-order chi connectivity index (χ0) is 20.1. The molecule has 7 heteroatoms. The Bertz CT molecular complexity index is 858. The van der Waals surface area contributed by atoms with E-state index in [1.54, 1.807) is 17.9 Å². The molecular weight excluding hydrogens is 376 g/mol. The molecule has 2 aliphatic rings. The van der Waals surface area contributed by atoms with Crippen molar-refractivity contribution in [1.29, 1.82) is 0 Å². The van der Waals surface area contributed by atoms with Gasteiger partial charge in [-0.3, -0.25) is 9.69 Å². The van der Waals surface area contributed by atoms with Crippen LogP contribution >= 0.6 is 11.8 Å². The van der Waals surface area contributed by atoms with Crippen molar-refractivity contribution in [2.75, 3.05) is 19.0 Å². The van der Waals surface area contributed by atoms with Gasteiger partial charge in [-0.15, -0.1) is 0 Å². The Hall–Kier alpha value is -2.80. The fraction of sp³-hybridized carbons (Fsp3) is 0.286. The van der Waals surface area contributed by atoms with Crippen LogP contribution in [-0.2, 0) is 14.3 Å². The van der Waals surface area contributed by atoms with Crippen LogP contribution in [0.15, 0.2) is 65.8 Å². The average Bonchev–Trinajstić information content (AvgIpc) is 2.70. The van der Waals surface area contributed by atoms with Gasteiger partial charge in [0.05, 0.1) is 17.3 Å². The van der Waals surface area contributed by atoms with E-state index >= 15 is 0 Å². The first-order chi connectivity index (χ1) is 13.6. The molecule has 0 radical (unpaired) electrons. The lowest BCUT2D eigenvalue weighted by molar-refractivity contribution is -0.139. The Kier molecular flexibility index (Phi) is 6.36. The molecular formula is C21H22N2O4S. The first-order valence-corrected chi connectivity index (χ1v) is 9.91. The van der Waals surface area contributed by atoms with Crippen molar-refractivity contribution in [1.82, 2.24) is 4.90 Å². The minimum atomic E-state index is -0.585. The Labute approximate surface area is 168 Å². The second-order valence-electron chi connectivity index (χ2n) is 6.21. The van der Waals surface area contributed by atoms with Crippen molar-refractivity contribution < 1.29 is 19.1 Å². The summed E-state index contributed by atoms with van der Waals surface area (Å²) in [5.74, 6) is 0.805. The standard InChI is InChI=1S/C21H22N2O4S/c1-4-11-26-16-8-6-15(7-9-16)19-18(20(25)27-12-5-2)14(3)22-21-23(19)17(24)10-13-28-21/h4-9,19H,1-2,10-13H2,3H3/t19-/m0/s1. The van der Waals surface area contributed by atoms with Crippen LogP contribution in [0.3, 0.4) is 0 Å². The molecule has 1 saturated heterocycles. The maximum atomic E-state index is 12.8. The van der Waals surface area contributed by atoms with E-state index in [1.807, 2.05) is 24.3 Å². The number of ether oxygens (including phenoxy) is 2. The van der Waals surface area contributed by atoms with Crippen molar-refractivity contribution in [3.05, 3.63) is 66.4 Å². The van der Waals surface area contributed by atoms with E-state index in [-0.39, 0.29) is 12.5 Å². The van der Waals surface area contributed by atoms with E-state index in [0.717, 1.165) is 5.56 Å². The van der Waals surface area contributed by atoms with E-state index < -0.39 is 12.0 Å². The number of fused-ring (bicyclic) bond motifs is 1. The fourth-order valence-corrected chi connectivity index (χ4v) is 4.09. The highest BCUT2D eigenvalue weighted by Gasteiger charge is 2.41. The molecule has 1 aromatic rings. The number of aliphatic imine (C=N–C) groups is 1. The molecule has 2 heterocycles. The Morgan fingerprint density at radius 1 is 1.29 bits per heavy atom. The molecule has 146 valence electrons. The summed E-state index contributed by atoms with van der Waals surface area (Å²) in [6.07, 6.45) is 3.57. The Morgan fingerprint density at radius 3 is 2.68 bits per heavy atom. The van der Waals surface area contributed by atoms with Gasteiger partial charge in [0.1, 0.15) is 19.0 Å². The summed E-state index contributed by atoms with van der Waals surface area (Å²) in [6, 6.07) is 6.75. The van der Waals surface area contributed by atoms with Crippen LogP contribution in [-0.4, -0.2) is 40.9 Å². The third-order valence-corrected chi connectivity index (χ3v) is 5.28. The largest absolute Gasteiger partial charge is 0.490 e. The number of esters is 1. The molecule has 6 nitrogen and oxygen atoms in total. The first kappa shape index (κ1) is 19.9. The van der Waals surface area contributed by atoms with Gasteiger partial charge in [-0.25, -0.2) is 9.79 Å². The highest BCUT2D eigenvalue weighted by molar-refractivity contribution is 8.14. The van der Waals surface area contributed by atoms with Gasteiger partial charge in [0.2, 0.25) is 5.91 Å². The molecule has 2 aliphatic heterocycles. The summed E-state index contributed by atoms with van der Waals surface area (Å²) < 4.78 is 10.8. The van der Waals surface area contributed by atoms with Gasteiger partial charge >= 0.3 is 5.97 Å². The number of nitrogens with zero attached hydrogens (tertiary/aromatic N) is 2. The molecule has 1 fully saturated rings. The number of amidine groups is 1. The fourth-order valence-electron chi connectivity index (χ4n) is 3.09. The van der Waals surface area contributed by atoms with Crippen LogP contribution in [0.1, 0.15) is 24.9 Å². The predicted molar refractivity (Wildman–Crippen MR) is 110 cm³/mol. The van der Waals surface area contributed by atoms with Gasteiger partial charge in [0.15, 0.2) is 5.17 Å². The third kappa shape index (κ3) is 4.04. The minimum absolute atomic E-state index is 0.0593. The molecule has 0 aromatic heterocycles. The topological polar surface area (TPSA) is 68.2 Å². The average molecular weight is 398 g/mol. The number of hydrogen-bond acceptors (Lipinski definition) is 6. The smallest absolute Gasteiger partial charge is 0.338 e. The lowest BCUT2D eigenvalue weighted by atomic mass is 9.94. The molecule has 0 bridgehead atoms. The second kappa shape index (κ2) is 8.93. The molecule has 0 saturated carbocycles. The Morgan fingerprint density at radius 2 is 2.00 bits per heavy atom. The molecule has 1 amide bonds. The lowest BCUT2D eigenvalue weighted by Crippen LogP contribution is -2.45. The summed E-state index contributed by atoms with van der Waals surface area (Å²) in [5.41, 5.74) is 1.71. The molecule has 1 aromatic carbocycles. The van der Waals surface area contributed by atoms with Crippen LogP contribution in [0.25, 0.3) is 0 Å². The van der Waals surface area contributed by atoms with Crippen molar-refractivity contribution in [2.24, 2.45) is 4.99 Å².